The summed E-state index contributed by atoms with van der Waals surface area (Å²) in [6, 6.07) is 3.66. The lowest BCUT2D eigenvalue weighted by atomic mass is 9.65. The van der Waals surface area contributed by atoms with E-state index in [1.165, 1.54) is 0 Å². The summed E-state index contributed by atoms with van der Waals surface area (Å²) in [5.41, 5.74) is 0.802. The molecule has 1 aromatic rings. The molecule has 0 saturated heterocycles. The topological polar surface area (TPSA) is 102 Å². The van der Waals surface area contributed by atoms with Crippen molar-refractivity contribution in [2.45, 2.75) is 76.4 Å². The first kappa shape index (κ1) is 19.7. The van der Waals surface area contributed by atoms with Gasteiger partial charge in [-0.2, -0.15) is 0 Å². The standard InChI is InChI=1S/C20H29NO6/c1-19(2,7-8-26-21(24)25)12-9-16(23)18-14-11-13(22)5-6-15(14)20(3,4)27-17(18)10-12/h9-10,13-15,22-23H,5-8,11H2,1-4H3/t13-,14-,15-/m1/s1. The fraction of sp³-hybridized carbons (Fsp3) is 0.700. The van der Waals surface area contributed by atoms with Gasteiger partial charge in [0.15, 0.2) is 0 Å². The van der Waals surface area contributed by atoms with Crippen LogP contribution >= 0.6 is 0 Å². The predicted octanol–water partition coefficient (Wildman–Crippen LogP) is 3.68. The lowest BCUT2D eigenvalue weighted by Crippen LogP contribution is -2.47. The molecule has 0 spiro atoms. The first-order valence-corrected chi connectivity index (χ1v) is 9.53. The van der Waals surface area contributed by atoms with Crippen LogP contribution in [0.4, 0.5) is 0 Å². The summed E-state index contributed by atoms with van der Waals surface area (Å²) < 4.78 is 6.30. The second-order valence-corrected chi connectivity index (χ2v) is 8.98. The summed E-state index contributed by atoms with van der Waals surface area (Å²) in [5, 5.41) is 30.6. The van der Waals surface area contributed by atoms with E-state index >= 15 is 0 Å². The zero-order valence-electron chi connectivity index (χ0n) is 16.4. The van der Waals surface area contributed by atoms with Gasteiger partial charge in [0.05, 0.1) is 12.7 Å². The molecule has 7 nitrogen and oxygen atoms in total. The molecule has 1 heterocycles. The predicted molar refractivity (Wildman–Crippen MR) is 99.5 cm³/mol. The first-order valence-electron chi connectivity index (χ1n) is 9.53. The van der Waals surface area contributed by atoms with Crippen LogP contribution in [0.2, 0.25) is 0 Å². The highest BCUT2D eigenvalue weighted by molar-refractivity contribution is 5.53. The van der Waals surface area contributed by atoms with Crippen LogP contribution in [0.1, 0.15) is 70.4 Å². The third-order valence-corrected chi connectivity index (χ3v) is 6.28. The van der Waals surface area contributed by atoms with Crippen LogP contribution in [0.15, 0.2) is 12.1 Å². The summed E-state index contributed by atoms with van der Waals surface area (Å²) in [6.45, 7) is 8.02. The van der Waals surface area contributed by atoms with Crippen LogP contribution in [0.5, 0.6) is 11.5 Å². The maximum atomic E-state index is 10.8. The van der Waals surface area contributed by atoms with E-state index in [-0.39, 0.29) is 35.9 Å². The van der Waals surface area contributed by atoms with Gasteiger partial charge in [-0.3, -0.25) is 0 Å². The van der Waals surface area contributed by atoms with Crippen molar-refractivity contribution in [3.05, 3.63) is 33.4 Å². The van der Waals surface area contributed by atoms with Crippen molar-refractivity contribution >= 4 is 0 Å². The molecular weight excluding hydrogens is 350 g/mol. The third kappa shape index (κ3) is 3.83. The summed E-state index contributed by atoms with van der Waals surface area (Å²) in [5.74, 6) is 1.12. The Morgan fingerprint density at radius 3 is 2.74 bits per heavy atom. The number of hydrogen-bond donors (Lipinski definition) is 2. The van der Waals surface area contributed by atoms with Crippen molar-refractivity contribution in [3.63, 3.8) is 0 Å². The SMILES string of the molecule is CC(C)(CCO[N+](=O)[O-])c1cc(O)c2c(c1)OC(C)(C)[C@@H]1CC[C@@H](O)C[C@@H]21. The number of aromatic hydroxyl groups is 1. The number of fused-ring (bicyclic) bond motifs is 3. The minimum Gasteiger partial charge on any atom is -0.508 e. The summed E-state index contributed by atoms with van der Waals surface area (Å²) in [4.78, 5) is 14.9. The van der Waals surface area contributed by atoms with Gasteiger partial charge in [-0.25, -0.2) is 0 Å². The first-order chi connectivity index (χ1) is 12.5. The van der Waals surface area contributed by atoms with Crippen LogP contribution in [-0.2, 0) is 10.3 Å². The highest BCUT2D eigenvalue weighted by Crippen LogP contribution is 2.55. The van der Waals surface area contributed by atoms with E-state index in [0.717, 1.165) is 24.0 Å². The average molecular weight is 379 g/mol. The fourth-order valence-electron chi connectivity index (χ4n) is 4.64. The number of phenolic OH excluding ortho intramolecular Hbond substituents is 1. The number of aliphatic hydroxyl groups excluding tert-OH is 1. The van der Waals surface area contributed by atoms with Crippen molar-refractivity contribution in [1.82, 2.24) is 0 Å². The highest BCUT2D eigenvalue weighted by Gasteiger charge is 2.47. The van der Waals surface area contributed by atoms with E-state index in [2.05, 4.69) is 18.7 Å². The summed E-state index contributed by atoms with van der Waals surface area (Å²) in [6.07, 6.45) is 2.31. The Morgan fingerprint density at radius 1 is 1.37 bits per heavy atom. The number of nitrogens with zero attached hydrogens (tertiary/aromatic N) is 1. The van der Waals surface area contributed by atoms with Crippen molar-refractivity contribution in [2.75, 3.05) is 6.61 Å². The zero-order valence-corrected chi connectivity index (χ0v) is 16.4. The Balaban J connectivity index is 1.95. The molecule has 150 valence electrons. The van der Waals surface area contributed by atoms with E-state index in [1.54, 1.807) is 6.07 Å². The molecule has 2 aliphatic rings. The number of rotatable bonds is 5. The molecule has 7 heteroatoms. The number of hydrogen-bond acceptors (Lipinski definition) is 6. The van der Waals surface area contributed by atoms with Crippen molar-refractivity contribution < 1.29 is 24.9 Å². The van der Waals surface area contributed by atoms with Gasteiger partial charge in [-0.05, 0) is 62.6 Å². The molecule has 2 N–H and O–H groups in total. The van der Waals surface area contributed by atoms with Crippen LogP contribution in [0.3, 0.4) is 0 Å². The summed E-state index contributed by atoms with van der Waals surface area (Å²) in [7, 11) is 0. The Labute approximate surface area is 159 Å². The van der Waals surface area contributed by atoms with E-state index < -0.39 is 10.5 Å². The van der Waals surface area contributed by atoms with Gasteiger partial charge in [0, 0.05) is 17.4 Å². The highest BCUT2D eigenvalue weighted by atomic mass is 16.9. The molecule has 1 aliphatic heterocycles. The molecule has 0 unspecified atom stereocenters. The third-order valence-electron chi connectivity index (χ3n) is 6.28. The second-order valence-electron chi connectivity index (χ2n) is 8.98. The quantitative estimate of drug-likeness (QED) is 0.598. The number of phenols is 1. The molecule has 0 radical (unpaired) electrons. The van der Waals surface area contributed by atoms with Gasteiger partial charge < -0.3 is 19.8 Å². The lowest BCUT2D eigenvalue weighted by molar-refractivity contribution is -0.758. The molecule has 3 atom stereocenters. The maximum absolute atomic E-state index is 10.8. The normalized spacial score (nSPS) is 26.5. The molecule has 1 saturated carbocycles. The van der Waals surface area contributed by atoms with Crippen molar-refractivity contribution in [2.24, 2.45) is 5.92 Å². The van der Waals surface area contributed by atoms with E-state index in [1.807, 2.05) is 19.9 Å². The molecule has 1 aliphatic carbocycles. The zero-order chi connectivity index (χ0) is 20.0. The number of benzene rings is 1. The maximum Gasteiger partial charge on any atom is 0.294 e. The van der Waals surface area contributed by atoms with Gasteiger partial charge in [-0.15, -0.1) is 10.1 Å². The fourth-order valence-corrected chi connectivity index (χ4v) is 4.64. The van der Waals surface area contributed by atoms with Crippen LogP contribution in [0, 0.1) is 16.0 Å². The minimum atomic E-state index is -0.791. The monoisotopic (exact) mass is 379 g/mol. The lowest BCUT2D eigenvalue weighted by Gasteiger charge is -2.48. The largest absolute Gasteiger partial charge is 0.508 e. The van der Waals surface area contributed by atoms with E-state index in [4.69, 9.17) is 4.74 Å². The van der Waals surface area contributed by atoms with Crippen LogP contribution in [-0.4, -0.2) is 33.6 Å². The minimum absolute atomic E-state index is 0.0128. The van der Waals surface area contributed by atoms with Gasteiger partial charge >= 0.3 is 0 Å². The average Bonchev–Trinajstić information content (AvgIpc) is 2.52. The van der Waals surface area contributed by atoms with Gasteiger partial charge in [-0.1, -0.05) is 13.8 Å². The molecule has 27 heavy (non-hydrogen) atoms. The Bertz CT molecular complexity index is 729. The Hall–Kier alpha value is -2.02. The van der Waals surface area contributed by atoms with Gasteiger partial charge in [0.25, 0.3) is 5.09 Å². The number of aliphatic hydroxyl groups is 1. The van der Waals surface area contributed by atoms with E-state index in [9.17, 15) is 20.3 Å². The van der Waals surface area contributed by atoms with Gasteiger partial charge in [0.2, 0.25) is 0 Å². The number of ether oxygens (including phenoxy) is 1. The van der Waals surface area contributed by atoms with Gasteiger partial charge in [0.1, 0.15) is 17.1 Å². The molecule has 1 aromatic carbocycles. The van der Waals surface area contributed by atoms with Crippen LogP contribution in [0.25, 0.3) is 0 Å². The molecule has 0 aromatic heterocycles. The molecular formula is C20H29NO6. The second kappa shape index (κ2) is 6.86. The Morgan fingerprint density at radius 2 is 2.07 bits per heavy atom. The van der Waals surface area contributed by atoms with E-state index in [0.29, 0.717) is 18.6 Å². The molecule has 3 rings (SSSR count). The molecule has 1 fully saturated rings. The van der Waals surface area contributed by atoms with Crippen molar-refractivity contribution in [1.29, 1.82) is 0 Å². The summed E-state index contributed by atoms with van der Waals surface area (Å²) >= 11 is 0. The molecule has 0 bridgehead atoms. The smallest absolute Gasteiger partial charge is 0.294 e. The van der Waals surface area contributed by atoms with Crippen LogP contribution < -0.4 is 4.74 Å². The van der Waals surface area contributed by atoms with Crippen molar-refractivity contribution in [3.8, 4) is 11.5 Å². The molecule has 0 amide bonds. The Kier molecular flexibility index (Phi) is 5.01.